The summed E-state index contributed by atoms with van der Waals surface area (Å²) in [5.41, 5.74) is 2.11. The maximum atomic E-state index is 12.8. The van der Waals surface area contributed by atoms with Gasteiger partial charge in [0.2, 0.25) is 16.9 Å². The molecule has 2 atom stereocenters. The maximum absolute atomic E-state index is 12.8. The van der Waals surface area contributed by atoms with Gasteiger partial charge in [-0.05, 0) is 25.3 Å². The summed E-state index contributed by atoms with van der Waals surface area (Å²) in [7, 11) is 0. The van der Waals surface area contributed by atoms with Crippen LogP contribution in [0.5, 0.6) is 0 Å². The molecule has 2 aromatic rings. The maximum Gasteiger partial charge on any atom is 0.249 e. The molecule has 158 valence electrons. The molecule has 2 amide bonds. The summed E-state index contributed by atoms with van der Waals surface area (Å²) in [6.45, 7) is 8.15. The lowest BCUT2D eigenvalue weighted by Gasteiger charge is -2.23. The molecule has 0 bridgehead atoms. The second kappa shape index (κ2) is 11.7. The average Bonchev–Trinajstić information content (AvgIpc) is 3.17. The van der Waals surface area contributed by atoms with Gasteiger partial charge >= 0.3 is 0 Å². The van der Waals surface area contributed by atoms with Crippen LogP contribution in [0.1, 0.15) is 64.9 Å². The zero-order valence-electron chi connectivity index (χ0n) is 17.8. The zero-order chi connectivity index (χ0) is 21.2. The predicted octanol–water partition coefficient (Wildman–Crippen LogP) is 4.95. The first-order valence-corrected chi connectivity index (χ1v) is 11.3. The van der Waals surface area contributed by atoms with Gasteiger partial charge in [0.1, 0.15) is 11.0 Å². The average molecular weight is 417 g/mol. The van der Waals surface area contributed by atoms with Gasteiger partial charge in [-0.1, -0.05) is 81.6 Å². The first kappa shape index (κ1) is 23.0. The van der Waals surface area contributed by atoms with Gasteiger partial charge in [-0.3, -0.25) is 14.9 Å². The highest BCUT2D eigenvalue weighted by molar-refractivity contribution is 7.18. The van der Waals surface area contributed by atoms with E-state index in [4.69, 9.17) is 0 Å². The van der Waals surface area contributed by atoms with Crippen LogP contribution in [-0.4, -0.2) is 28.1 Å². The van der Waals surface area contributed by atoms with Crippen LogP contribution >= 0.6 is 11.3 Å². The molecule has 2 rings (SSSR count). The third kappa shape index (κ3) is 7.24. The third-order valence-electron chi connectivity index (χ3n) is 4.99. The van der Waals surface area contributed by atoms with Crippen molar-refractivity contribution < 1.29 is 9.59 Å². The molecule has 0 saturated heterocycles. The number of amides is 2. The molecule has 0 spiro atoms. The highest BCUT2D eigenvalue weighted by Crippen LogP contribution is 2.27. The molecule has 1 heterocycles. The molecule has 29 heavy (non-hydrogen) atoms. The highest BCUT2D eigenvalue weighted by Gasteiger charge is 2.26. The van der Waals surface area contributed by atoms with Crippen molar-refractivity contribution in [3.63, 3.8) is 0 Å². The van der Waals surface area contributed by atoms with Crippen molar-refractivity contribution in [1.82, 2.24) is 15.5 Å². The Morgan fingerprint density at radius 2 is 1.93 bits per heavy atom. The Balaban J connectivity index is 2.00. The van der Waals surface area contributed by atoms with E-state index >= 15 is 0 Å². The van der Waals surface area contributed by atoms with Crippen LogP contribution in [-0.2, 0) is 9.59 Å². The second-order valence-electron chi connectivity index (χ2n) is 7.51. The number of benzene rings is 1. The third-order valence-corrected chi connectivity index (χ3v) is 5.88. The lowest BCUT2D eigenvalue weighted by Crippen LogP contribution is -2.47. The minimum absolute atomic E-state index is 0.0266. The molecular weight excluding hydrogens is 384 g/mol. The monoisotopic (exact) mass is 416 g/mol. The molecular formula is C22H32N4O2S. The number of anilines is 1. The lowest BCUT2D eigenvalue weighted by molar-refractivity contribution is -0.127. The Hall–Kier alpha value is -2.28. The van der Waals surface area contributed by atoms with Crippen LogP contribution in [0.2, 0.25) is 0 Å². The summed E-state index contributed by atoms with van der Waals surface area (Å²) < 4.78 is 0. The van der Waals surface area contributed by atoms with Crippen LogP contribution in [0.15, 0.2) is 24.3 Å². The van der Waals surface area contributed by atoms with E-state index in [1.165, 1.54) is 11.3 Å². The fourth-order valence-electron chi connectivity index (χ4n) is 3.01. The van der Waals surface area contributed by atoms with Gasteiger partial charge in [0.15, 0.2) is 0 Å². The first-order chi connectivity index (χ1) is 13.9. The number of hydrogen-bond donors (Lipinski definition) is 2. The van der Waals surface area contributed by atoms with Gasteiger partial charge < -0.3 is 5.32 Å². The molecule has 0 aliphatic heterocycles. The van der Waals surface area contributed by atoms with Crippen LogP contribution in [0, 0.1) is 12.8 Å². The van der Waals surface area contributed by atoms with Crippen molar-refractivity contribution in [2.75, 3.05) is 5.32 Å². The molecule has 0 aliphatic rings. The summed E-state index contributed by atoms with van der Waals surface area (Å²) in [4.78, 5) is 25.1. The Labute approximate surface area is 177 Å². The lowest BCUT2D eigenvalue weighted by atomic mass is 9.98. The number of nitrogens with zero attached hydrogens (tertiary/aromatic N) is 2. The molecule has 1 aromatic carbocycles. The standard InChI is InChI=1S/C22H32N4O2S/c1-5-7-8-9-13-18(27)23-19(16(4)6-2)20(28)24-22-26-25-21(29-22)17-12-10-11-15(3)14-17/h10-12,14,16,19H,5-9,13H2,1-4H3,(H,23,27)(H,24,26,28)/t16-,19-/m1/s1. The number of nitrogens with one attached hydrogen (secondary N) is 2. The van der Waals surface area contributed by atoms with E-state index < -0.39 is 6.04 Å². The number of aromatic nitrogens is 2. The topological polar surface area (TPSA) is 84.0 Å². The van der Waals surface area contributed by atoms with E-state index in [-0.39, 0.29) is 17.7 Å². The van der Waals surface area contributed by atoms with Crippen molar-refractivity contribution in [3.8, 4) is 10.6 Å². The van der Waals surface area contributed by atoms with Gasteiger partial charge in [-0.15, -0.1) is 10.2 Å². The smallest absolute Gasteiger partial charge is 0.249 e. The van der Waals surface area contributed by atoms with Crippen LogP contribution in [0.3, 0.4) is 0 Å². The Kier molecular flexibility index (Phi) is 9.25. The molecule has 1 aromatic heterocycles. The van der Waals surface area contributed by atoms with Crippen LogP contribution in [0.25, 0.3) is 10.6 Å². The van der Waals surface area contributed by atoms with E-state index in [1.54, 1.807) is 0 Å². The van der Waals surface area contributed by atoms with Crippen molar-refractivity contribution >= 4 is 28.3 Å². The van der Waals surface area contributed by atoms with Crippen LogP contribution in [0.4, 0.5) is 5.13 Å². The zero-order valence-corrected chi connectivity index (χ0v) is 18.6. The highest BCUT2D eigenvalue weighted by atomic mass is 32.1. The minimum Gasteiger partial charge on any atom is -0.344 e. The summed E-state index contributed by atoms with van der Waals surface area (Å²) in [5, 5.41) is 15.2. The predicted molar refractivity (Wildman–Crippen MR) is 119 cm³/mol. The fraction of sp³-hybridized carbons (Fsp3) is 0.545. The fourth-order valence-corrected chi connectivity index (χ4v) is 3.75. The number of aryl methyl sites for hydroxylation is 1. The van der Waals surface area contributed by atoms with Crippen molar-refractivity contribution in [2.45, 2.75) is 72.3 Å². The summed E-state index contributed by atoms with van der Waals surface area (Å²) in [6.07, 6.45) is 5.39. The van der Waals surface area contributed by atoms with Gasteiger partial charge in [-0.25, -0.2) is 0 Å². The minimum atomic E-state index is -0.579. The SMILES string of the molecule is CCCCCCC(=O)N[C@@H](C(=O)Nc1nnc(-c2cccc(C)c2)s1)[C@H](C)CC. The summed E-state index contributed by atoms with van der Waals surface area (Å²) >= 11 is 1.33. The number of hydrogen-bond acceptors (Lipinski definition) is 5. The molecule has 6 nitrogen and oxygen atoms in total. The van der Waals surface area contributed by atoms with Gasteiger partial charge in [0.05, 0.1) is 0 Å². The largest absolute Gasteiger partial charge is 0.344 e. The van der Waals surface area contributed by atoms with E-state index in [2.05, 4.69) is 27.8 Å². The number of unbranched alkanes of at least 4 members (excludes halogenated alkanes) is 3. The van der Waals surface area contributed by atoms with E-state index in [0.29, 0.717) is 11.6 Å². The van der Waals surface area contributed by atoms with E-state index in [0.717, 1.165) is 48.2 Å². The molecule has 7 heteroatoms. The normalized spacial score (nSPS) is 13.0. The van der Waals surface area contributed by atoms with E-state index in [1.807, 2.05) is 45.0 Å². The van der Waals surface area contributed by atoms with Gasteiger partial charge in [0, 0.05) is 12.0 Å². The van der Waals surface area contributed by atoms with E-state index in [9.17, 15) is 9.59 Å². The van der Waals surface area contributed by atoms with Crippen molar-refractivity contribution in [2.24, 2.45) is 5.92 Å². The molecule has 0 radical (unpaired) electrons. The molecule has 0 saturated carbocycles. The van der Waals surface area contributed by atoms with Crippen LogP contribution < -0.4 is 10.6 Å². The molecule has 0 fully saturated rings. The summed E-state index contributed by atoms with van der Waals surface area (Å²) in [6, 6.07) is 7.42. The Bertz CT molecular complexity index is 806. The quantitative estimate of drug-likeness (QED) is 0.508. The van der Waals surface area contributed by atoms with Gasteiger partial charge in [-0.2, -0.15) is 0 Å². The number of carbonyl (C=O) groups excluding carboxylic acids is 2. The number of carbonyl (C=O) groups is 2. The Morgan fingerprint density at radius 1 is 1.14 bits per heavy atom. The first-order valence-electron chi connectivity index (χ1n) is 10.4. The second-order valence-corrected chi connectivity index (χ2v) is 8.49. The van der Waals surface area contributed by atoms with Gasteiger partial charge in [0.25, 0.3) is 0 Å². The number of rotatable bonds is 11. The molecule has 2 N–H and O–H groups in total. The Morgan fingerprint density at radius 3 is 2.62 bits per heavy atom. The van der Waals surface area contributed by atoms with Crippen molar-refractivity contribution in [3.05, 3.63) is 29.8 Å². The van der Waals surface area contributed by atoms with Crippen molar-refractivity contribution in [1.29, 1.82) is 0 Å². The summed E-state index contributed by atoms with van der Waals surface area (Å²) in [5.74, 6) is -0.286. The molecule has 0 aliphatic carbocycles. The molecule has 0 unspecified atom stereocenters.